The van der Waals surface area contributed by atoms with Gasteiger partial charge >= 0.3 is 0 Å². The van der Waals surface area contributed by atoms with Crippen LogP contribution in [0, 0.1) is 0 Å². The van der Waals surface area contributed by atoms with Gasteiger partial charge in [-0.3, -0.25) is 4.79 Å². The van der Waals surface area contributed by atoms with Crippen LogP contribution in [0.1, 0.15) is 38.5 Å². The maximum Gasteiger partial charge on any atom is 0.224 e. The molecule has 110 valence electrons. The van der Waals surface area contributed by atoms with Gasteiger partial charge in [-0.05, 0) is 12.8 Å². The highest BCUT2D eigenvalue weighted by Gasteiger charge is 2.38. The summed E-state index contributed by atoms with van der Waals surface area (Å²) in [5, 5.41) is 0. The molecular formula is C14H26N2O3. The third-order valence-corrected chi connectivity index (χ3v) is 4.53. The maximum absolute atomic E-state index is 12.4. The molecule has 5 heteroatoms. The number of carbonyl (C=O) groups excluding carboxylic acids is 1. The second kappa shape index (κ2) is 6.20. The van der Waals surface area contributed by atoms with Gasteiger partial charge in [0.15, 0.2) is 0 Å². The van der Waals surface area contributed by atoms with E-state index in [1.54, 1.807) is 14.2 Å². The third kappa shape index (κ3) is 3.46. The summed E-state index contributed by atoms with van der Waals surface area (Å²) in [6.45, 7) is 1.23. The molecule has 2 aliphatic rings. The number of hydrogen-bond acceptors (Lipinski definition) is 4. The molecule has 0 aromatic rings. The first-order valence-electron chi connectivity index (χ1n) is 7.20. The van der Waals surface area contributed by atoms with Crippen molar-refractivity contribution in [1.82, 2.24) is 4.90 Å². The summed E-state index contributed by atoms with van der Waals surface area (Å²) in [7, 11) is 3.33. The number of ether oxygens (including phenoxy) is 2. The van der Waals surface area contributed by atoms with Gasteiger partial charge in [0, 0.05) is 39.3 Å². The number of hydrogen-bond donors (Lipinski definition) is 1. The molecule has 1 aliphatic carbocycles. The highest BCUT2D eigenvalue weighted by molar-refractivity contribution is 5.78. The summed E-state index contributed by atoms with van der Waals surface area (Å²) in [6.07, 6.45) is 5.88. The topological polar surface area (TPSA) is 64.8 Å². The van der Waals surface area contributed by atoms with E-state index in [2.05, 4.69) is 0 Å². The molecule has 2 atom stereocenters. The standard InChI is InChI=1S/C14H26N2O3/c1-18-11-9-16(10-12(11)19-2)13(17)8-14(15)6-4-3-5-7-14/h11-12H,3-10,15H2,1-2H3. The quantitative estimate of drug-likeness (QED) is 0.824. The predicted molar refractivity (Wildman–Crippen MR) is 72.8 cm³/mol. The van der Waals surface area contributed by atoms with Crippen LogP contribution < -0.4 is 5.73 Å². The molecule has 19 heavy (non-hydrogen) atoms. The molecule has 0 radical (unpaired) electrons. The fraction of sp³-hybridized carbons (Fsp3) is 0.929. The minimum atomic E-state index is -0.289. The normalized spacial score (nSPS) is 30.6. The second-order valence-corrected chi connectivity index (χ2v) is 5.95. The molecule has 0 aromatic carbocycles. The molecule has 0 spiro atoms. The van der Waals surface area contributed by atoms with Crippen LogP contribution in [0.5, 0.6) is 0 Å². The van der Waals surface area contributed by atoms with Crippen LogP contribution in [0.15, 0.2) is 0 Å². The Kier molecular flexibility index (Phi) is 4.81. The Balaban J connectivity index is 1.90. The first-order valence-corrected chi connectivity index (χ1v) is 7.20. The lowest BCUT2D eigenvalue weighted by molar-refractivity contribution is -0.132. The highest BCUT2D eigenvalue weighted by atomic mass is 16.5. The summed E-state index contributed by atoms with van der Waals surface area (Å²) in [5.74, 6) is 0.144. The van der Waals surface area contributed by atoms with Crippen LogP contribution >= 0.6 is 0 Å². The van der Waals surface area contributed by atoms with Crippen molar-refractivity contribution in [3.63, 3.8) is 0 Å². The van der Waals surface area contributed by atoms with Crippen LogP contribution in [0.3, 0.4) is 0 Å². The zero-order valence-corrected chi connectivity index (χ0v) is 12.1. The number of nitrogens with zero attached hydrogens (tertiary/aromatic N) is 1. The Morgan fingerprint density at radius 3 is 2.16 bits per heavy atom. The summed E-state index contributed by atoms with van der Waals surface area (Å²) in [5.41, 5.74) is 6.06. The van der Waals surface area contributed by atoms with Gasteiger partial charge in [-0.2, -0.15) is 0 Å². The van der Waals surface area contributed by atoms with Crippen molar-refractivity contribution in [2.24, 2.45) is 5.73 Å². The van der Waals surface area contributed by atoms with Gasteiger partial charge in [0.2, 0.25) is 5.91 Å². The van der Waals surface area contributed by atoms with Crippen molar-refractivity contribution in [3.8, 4) is 0 Å². The minimum Gasteiger partial charge on any atom is -0.377 e. The zero-order chi connectivity index (χ0) is 13.9. The lowest BCUT2D eigenvalue weighted by atomic mass is 9.80. The lowest BCUT2D eigenvalue weighted by Gasteiger charge is -2.34. The molecule has 2 N–H and O–H groups in total. The van der Waals surface area contributed by atoms with Gasteiger partial charge < -0.3 is 20.1 Å². The van der Waals surface area contributed by atoms with Crippen LogP contribution in [0.4, 0.5) is 0 Å². The Labute approximate surface area is 115 Å². The number of likely N-dealkylation sites (tertiary alicyclic amines) is 1. The van der Waals surface area contributed by atoms with Crippen molar-refractivity contribution in [1.29, 1.82) is 0 Å². The van der Waals surface area contributed by atoms with Crippen molar-refractivity contribution in [3.05, 3.63) is 0 Å². The minimum absolute atomic E-state index is 0.0194. The molecule has 1 saturated heterocycles. The van der Waals surface area contributed by atoms with E-state index in [0.717, 1.165) is 25.7 Å². The van der Waals surface area contributed by atoms with E-state index in [0.29, 0.717) is 19.5 Å². The molecule has 1 aliphatic heterocycles. The number of carbonyl (C=O) groups is 1. The van der Waals surface area contributed by atoms with Crippen molar-refractivity contribution in [2.75, 3.05) is 27.3 Å². The Morgan fingerprint density at radius 1 is 1.16 bits per heavy atom. The fourth-order valence-corrected chi connectivity index (χ4v) is 3.25. The van der Waals surface area contributed by atoms with Gasteiger partial charge in [-0.15, -0.1) is 0 Å². The van der Waals surface area contributed by atoms with Gasteiger partial charge in [-0.1, -0.05) is 19.3 Å². The maximum atomic E-state index is 12.4. The SMILES string of the molecule is COC1CN(C(=O)CC2(N)CCCCC2)CC1OC. The molecule has 2 unspecified atom stereocenters. The van der Waals surface area contributed by atoms with E-state index in [1.807, 2.05) is 4.90 Å². The number of rotatable bonds is 4. The average molecular weight is 270 g/mol. The van der Waals surface area contributed by atoms with Crippen LogP contribution in [0.25, 0.3) is 0 Å². The largest absolute Gasteiger partial charge is 0.377 e. The van der Waals surface area contributed by atoms with E-state index in [1.165, 1.54) is 6.42 Å². The van der Waals surface area contributed by atoms with E-state index in [-0.39, 0.29) is 23.7 Å². The highest BCUT2D eigenvalue weighted by Crippen LogP contribution is 2.30. The van der Waals surface area contributed by atoms with Crippen LogP contribution in [-0.4, -0.2) is 55.9 Å². The molecule has 2 fully saturated rings. The monoisotopic (exact) mass is 270 g/mol. The van der Waals surface area contributed by atoms with E-state index < -0.39 is 0 Å². The van der Waals surface area contributed by atoms with Gasteiger partial charge in [0.05, 0.1) is 0 Å². The second-order valence-electron chi connectivity index (χ2n) is 5.95. The number of nitrogens with two attached hydrogens (primary N) is 1. The van der Waals surface area contributed by atoms with Crippen molar-refractivity contribution >= 4 is 5.91 Å². The fourth-order valence-electron chi connectivity index (χ4n) is 3.25. The lowest BCUT2D eigenvalue weighted by Crippen LogP contribution is -2.46. The summed E-state index contributed by atoms with van der Waals surface area (Å²) in [6, 6.07) is 0. The Bertz CT molecular complexity index is 304. The van der Waals surface area contributed by atoms with E-state index >= 15 is 0 Å². The molecule has 5 nitrogen and oxygen atoms in total. The third-order valence-electron chi connectivity index (χ3n) is 4.53. The average Bonchev–Trinajstić information content (AvgIpc) is 2.82. The zero-order valence-electron chi connectivity index (χ0n) is 12.1. The van der Waals surface area contributed by atoms with Gasteiger partial charge in [0.1, 0.15) is 12.2 Å². The summed E-state index contributed by atoms with van der Waals surface area (Å²) < 4.78 is 10.7. The molecule has 0 aromatic heterocycles. The van der Waals surface area contributed by atoms with Crippen molar-refractivity contribution in [2.45, 2.75) is 56.3 Å². The summed E-state index contributed by atoms with van der Waals surface area (Å²) >= 11 is 0. The molecular weight excluding hydrogens is 244 g/mol. The molecule has 0 bridgehead atoms. The van der Waals surface area contributed by atoms with E-state index in [4.69, 9.17) is 15.2 Å². The summed E-state index contributed by atoms with van der Waals surface area (Å²) in [4.78, 5) is 14.2. The molecule has 1 heterocycles. The van der Waals surface area contributed by atoms with Crippen LogP contribution in [-0.2, 0) is 14.3 Å². The van der Waals surface area contributed by atoms with Crippen LogP contribution in [0.2, 0.25) is 0 Å². The smallest absolute Gasteiger partial charge is 0.224 e. The van der Waals surface area contributed by atoms with Crippen molar-refractivity contribution < 1.29 is 14.3 Å². The molecule has 2 rings (SSSR count). The van der Waals surface area contributed by atoms with E-state index in [9.17, 15) is 4.79 Å². The predicted octanol–water partition coefficient (Wildman–Crippen LogP) is 0.910. The van der Waals surface area contributed by atoms with Gasteiger partial charge in [0.25, 0.3) is 0 Å². The Hall–Kier alpha value is -0.650. The Morgan fingerprint density at radius 2 is 1.68 bits per heavy atom. The molecule has 1 amide bonds. The van der Waals surface area contributed by atoms with Gasteiger partial charge in [-0.25, -0.2) is 0 Å². The number of amides is 1. The number of methoxy groups -OCH3 is 2. The first-order chi connectivity index (χ1) is 9.08. The first kappa shape index (κ1) is 14.8. The molecule has 1 saturated carbocycles.